The summed E-state index contributed by atoms with van der Waals surface area (Å²) in [5, 5.41) is 2.65. The Morgan fingerprint density at radius 1 is 1.31 bits per heavy atom. The van der Waals surface area contributed by atoms with Crippen LogP contribution in [-0.4, -0.2) is 25.5 Å². The average molecular weight is 187 g/mol. The predicted octanol–water partition coefficient (Wildman–Crippen LogP) is 0.712. The summed E-state index contributed by atoms with van der Waals surface area (Å²) in [5.41, 5.74) is 0.0335. The summed E-state index contributed by atoms with van der Waals surface area (Å²) in [7, 11) is 1.26. The van der Waals surface area contributed by atoms with Crippen molar-refractivity contribution in [2.75, 3.05) is 13.7 Å². The minimum Gasteiger partial charge on any atom is -0.469 e. The van der Waals surface area contributed by atoms with Gasteiger partial charge in [-0.05, 0) is 5.41 Å². The molecule has 1 amide bonds. The molecule has 0 aliphatic heterocycles. The second-order valence-electron chi connectivity index (χ2n) is 4.09. The zero-order valence-corrected chi connectivity index (χ0v) is 8.64. The fourth-order valence-electron chi connectivity index (χ4n) is 0.630. The van der Waals surface area contributed by atoms with Crippen LogP contribution in [-0.2, 0) is 14.3 Å². The Morgan fingerprint density at radius 2 is 1.85 bits per heavy atom. The third-order valence-corrected chi connectivity index (χ3v) is 1.35. The predicted molar refractivity (Wildman–Crippen MR) is 49.1 cm³/mol. The lowest BCUT2D eigenvalue weighted by atomic mass is 9.97. The highest BCUT2D eigenvalue weighted by Crippen LogP contribution is 2.10. The van der Waals surface area contributed by atoms with Crippen LogP contribution in [0.4, 0.5) is 0 Å². The second-order valence-corrected chi connectivity index (χ2v) is 4.09. The molecule has 0 aromatic heterocycles. The minimum atomic E-state index is -0.508. The molecule has 0 saturated heterocycles. The van der Waals surface area contributed by atoms with Crippen molar-refractivity contribution in [1.82, 2.24) is 5.32 Å². The minimum absolute atomic E-state index is 0.0335. The summed E-state index contributed by atoms with van der Waals surface area (Å²) in [4.78, 5) is 21.7. The van der Waals surface area contributed by atoms with Crippen LogP contribution < -0.4 is 5.32 Å². The van der Waals surface area contributed by atoms with Crippen molar-refractivity contribution in [2.24, 2.45) is 5.41 Å². The van der Waals surface area contributed by atoms with Gasteiger partial charge in [0.1, 0.15) is 6.42 Å². The van der Waals surface area contributed by atoms with E-state index in [2.05, 4.69) is 10.1 Å². The second kappa shape index (κ2) is 4.84. The van der Waals surface area contributed by atoms with Gasteiger partial charge in [-0.25, -0.2) is 0 Å². The van der Waals surface area contributed by atoms with Crippen molar-refractivity contribution in [3.63, 3.8) is 0 Å². The molecule has 0 rings (SSSR count). The molecule has 0 aliphatic carbocycles. The number of carbonyl (C=O) groups is 2. The largest absolute Gasteiger partial charge is 0.469 e. The summed E-state index contributed by atoms with van der Waals surface area (Å²) in [6.45, 7) is 6.57. The van der Waals surface area contributed by atoms with E-state index in [1.807, 2.05) is 20.8 Å². The molecule has 0 heterocycles. The molecule has 0 aliphatic rings. The van der Waals surface area contributed by atoms with Crippen LogP contribution in [0.5, 0.6) is 0 Å². The molecule has 0 radical (unpaired) electrons. The number of amides is 1. The molecule has 0 aromatic rings. The van der Waals surface area contributed by atoms with Gasteiger partial charge in [0.15, 0.2) is 0 Å². The summed E-state index contributed by atoms with van der Waals surface area (Å²) >= 11 is 0. The van der Waals surface area contributed by atoms with Crippen LogP contribution in [0, 0.1) is 5.41 Å². The monoisotopic (exact) mass is 187 g/mol. The van der Waals surface area contributed by atoms with E-state index in [1.54, 1.807) is 0 Å². The van der Waals surface area contributed by atoms with Crippen LogP contribution in [0.1, 0.15) is 27.2 Å². The highest BCUT2D eigenvalue weighted by molar-refractivity contribution is 5.94. The van der Waals surface area contributed by atoms with Crippen LogP contribution in [0.2, 0.25) is 0 Å². The van der Waals surface area contributed by atoms with Crippen molar-refractivity contribution in [2.45, 2.75) is 27.2 Å². The highest BCUT2D eigenvalue weighted by Gasteiger charge is 2.14. The zero-order chi connectivity index (χ0) is 10.5. The van der Waals surface area contributed by atoms with Crippen molar-refractivity contribution >= 4 is 11.9 Å². The molecule has 13 heavy (non-hydrogen) atoms. The van der Waals surface area contributed by atoms with E-state index in [9.17, 15) is 9.59 Å². The van der Waals surface area contributed by atoms with Crippen molar-refractivity contribution in [1.29, 1.82) is 0 Å². The third-order valence-electron chi connectivity index (χ3n) is 1.35. The van der Waals surface area contributed by atoms with Gasteiger partial charge in [0.2, 0.25) is 5.91 Å². The Kier molecular flexibility index (Phi) is 4.45. The van der Waals surface area contributed by atoms with Crippen molar-refractivity contribution in [3.8, 4) is 0 Å². The number of hydrogen-bond acceptors (Lipinski definition) is 3. The Balaban J connectivity index is 3.70. The fraction of sp³-hybridized carbons (Fsp3) is 0.778. The number of ether oxygens (including phenoxy) is 1. The quantitative estimate of drug-likeness (QED) is 0.523. The van der Waals surface area contributed by atoms with Crippen LogP contribution in [0.15, 0.2) is 0 Å². The zero-order valence-electron chi connectivity index (χ0n) is 8.64. The fourth-order valence-corrected chi connectivity index (χ4v) is 0.630. The van der Waals surface area contributed by atoms with E-state index in [4.69, 9.17) is 0 Å². The topological polar surface area (TPSA) is 55.4 Å². The number of hydrogen-bond donors (Lipinski definition) is 1. The SMILES string of the molecule is COC(=O)CC(=O)NCC(C)(C)C. The maximum atomic E-state index is 11.0. The molecule has 0 bridgehead atoms. The molecule has 0 saturated carbocycles. The molecule has 76 valence electrons. The number of rotatable bonds is 3. The molecule has 0 atom stereocenters. The maximum Gasteiger partial charge on any atom is 0.315 e. The van der Waals surface area contributed by atoms with Gasteiger partial charge in [0.05, 0.1) is 7.11 Å². The molecular weight excluding hydrogens is 170 g/mol. The van der Waals surface area contributed by atoms with Gasteiger partial charge in [-0.2, -0.15) is 0 Å². The first-order valence-corrected chi connectivity index (χ1v) is 4.18. The molecule has 0 unspecified atom stereocenters. The maximum absolute atomic E-state index is 11.0. The van der Waals surface area contributed by atoms with Gasteiger partial charge in [0, 0.05) is 6.54 Å². The molecule has 4 heteroatoms. The summed E-state index contributed by atoms with van der Waals surface area (Å²) < 4.78 is 4.35. The van der Waals surface area contributed by atoms with E-state index < -0.39 is 5.97 Å². The normalized spacial score (nSPS) is 10.8. The number of methoxy groups -OCH3 is 1. The Labute approximate surface area is 78.6 Å². The Hall–Kier alpha value is -1.06. The van der Waals surface area contributed by atoms with Gasteiger partial charge in [-0.1, -0.05) is 20.8 Å². The first kappa shape index (κ1) is 11.9. The lowest BCUT2D eigenvalue weighted by Crippen LogP contribution is -2.33. The van der Waals surface area contributed by atoms with Crippen molar-refractivity contribution < 1.29 is 14.3 Å². The van der Waals surface area contributed by atoms with Crippen molar-refractivity contribution in [3.05, 3.63) is 0 Å². The molecule has 0 spiro atoms. The van der Waals surface area contributed by atoms with Crippen LogP contribution in [0.3, 0.4) is 0 Å². The average Bonchev–Trinajstić information content (AvgIpc) is 1.99. The Morgan fingerprint density at radius 3 is 2.23 bits per heavy atom. The molecule has 4 nitrogen and oxygen atoms in total. The van der Waals surface area contributed by atoms with E-state index >= 15 is 0 Å². The number of esters is 1. The third kappa shape index (κ3) is 7.31. The molecular formula is C9H17NO3. The lowest BCUT2D eigenvalue weighted by Gasteiger charge is -2.18. The first-order chi connectivity index (χ1) is 5.85. The lowest BCUT2D eigenvalue weighted by molar-refractivity contribution is -0.143. The van der Waals surface area contributed by atoms with Gasteiger partial charge in [-0.3, -0.25) is 9.59 Å². The summed E-state index contributed by atoms with van der Waals surface area (Å²) in [6.07, 6.45) is -0.202. The van der Waals surface area contributed by atoms with Gasteiger partial charge >= 0.3 is 5.97 Å². The summed E-state index contributed by atoms with van der Waals surface area (Å²) in [6, 6.07) is 0. The number of carbonyl (C=O) groups excluding carboxylic acids is 2. The van der Waals surface area contributed by atoms with E-state index in [1.165, 1.54) is 7.11 Å². The molecule has 0 fully saturated rings. The van der Waals surface area contributed by atoms with Gasteiger partial charge in [0.25, 0.3) is 0 Å². The molecule has 1 N–H and O–H groups in total. The first-order valence-electron chi connectivity index (χ1n) is 4.18. The van der Waals surface area contributed by atoms with E-state index in [0.29, 0.717) is 6.54 Å². The van der Waals surface area contributed by atoms with E-state index in [0.717, 1.165) is 0 Å². The van der Waals surface area contributed by atoms with E-state index in [-0.39, 0.29) is 17.7 Å². The molecule has 0 aromatic carbocycles. The Bertz CT molecular complexity index is 194. The number of nitrogens with one attached hydrogen (secondary N) is 1. The van der Waals surface area contributed by atoms with Crippen LogP contribution in [0.25, 0.3) is 0 Å². The summed E-state index contributed by atoms with van der Waals surface area (Å²) in [5.74, 6) is -0.798. The highest BCUT2D eigenvalue weighted by atomic mass is 16.5. The van der Waals surface area contributed by atoms with Gasteiger partial charge < -0.3 is 10.1 Å². The van der Waals surface area contributed by atoms with Gasteiger partial charge in [-0.15, -0.1) is 0 Å². The standard InChI is InChI=1S/C9H17NO3/c1-9(2,3)6-10-7(11)5-8(12)13-4/h5-6H2,1-4H3,(H,10,11). The van der Waals surface area contributed by atoms with Crippen LogP contribution >= 0.6 is 0 Å². The smallest absolute Gasteiger partial charge is 0.315 e.